The lowest BCUT2D eigenvalue weighted by Gasteiger charge is -2.19. The number of benzene rings is 2. The van der Waals surface area contributed by atoms with Crippen molar-refractivity contribution in [2.24, 2.45) is 0 Å². The van der Waals surface area contributed by atoms with E-state index in [1.165, 1.54) is 12.1 Å². The van der Waals surface area contributed by atoms with E-state index in [2.05, 4.69) is 9.72 Å². The zero-order chi connectivity index (χ0) is 29.8. The summed E-state index contributed by atoms with van der Waals surface area (Å²) in [7, 11) is 0. The average molecular weight is 569 g/mol. The quantitative estimate of drug-likeness (QED) is 0.159. The van der Waals surface area contributed by atoms with E-state index in [1.54, 1.807) is 43.4 Å². The maximum Gasteiger partial charge on any atom is 0.422 e. The van der Waals surface area contributed by atoms with Gasteiger partial charge in [0.25, 0.3) is 0 Å². The number of nitrogens with one attached hydrogen (secondary N) is 2. The molecule has 0 atom stereocenters. The number of aromatic nitrogens is 1. The number of carbonyl (C=O) groups excluding carboxylic acids is 2. The Morgan fingerprint density at radius 2 is 1.50 bits per heavy atom. The monoisotopic (exact) mass is 569 g/mol. The minimum absolute atomic E-state index is 0.121. The van der Waals surface area contributed by atoms with E-state index in [0.717, 1.165) is 17.0 Å². The molecule has 1 heterocycles. The van der Waals surface area contributed by atoms with Crippen LogP contribution in [0.2, 0.25) is 0 Å². The third kappa shape index (κ3) is 8.19. The Morgan fingerprint density at radius 1 is 0.875 bits per heavy atom. The molecule has 0 aliphatic rings. The molecule has 3 aromatic rings. The van der Waals surface area contributed by atoms with Crippen LogP contribution in [0.4, 0.5) is 42.5 Å². The van der Waals surface area contributed by atoms with E-state index in [0.29, 0.717) is 11.6 Å². The predicted molar refractivity (Wildman–Crippen MR) is 131 cm³/mol. The van der Waals surface area contributed by atoms with Crippen LogP contribution in [0, 0.1) is 13.8 Å². The molecule has 40 heavy (non-hydrogen) atoms. The molecule has 3 N–H and O–H groups in total. The number of nitrogens with zero attached hydrogens (tertiary/aromatic N) is 1. The van der Waals surface area contributed by atoms with Gasteiger partial charge in [0.2, 0.25) is 5.91 Å². The summed E-state index contributed by atoms with van der Waals surface area (Å²) in [6.45, 7) is 1.51. The number of carbonyl (C=O) groups is 3. The smallest absolute Gasteiger partial charge is 0.422 e. The minimum atomic E-state index is -5.23. The van der Waals surface area contributed by atoms with Crippen LogP contribution in [0.25, 0.3) is 11.1 Å². The number of Topliss-reactive ketones (excluding diaryl/α,β-unsaturated/α-hetero) is 1. The summed E-state index contributed by atoms with van der Waals surface area (Å²) in [4.78, 5) is 40.8. The van der Waals surface area contributed by atoms with E-state index >= 15 is 0 Å². The standard InChI is InChI=1S/C26H21F6N3O5/c1-13-6-17(7-14(2)33-13)15-4-3-5-16(8-15)21(36)11-23(37)34-19-9-18(26(30,31)32)22(40-12-25(27,28)29)10-20(19)35-24(38)39/h3-10,35H,11-12H2,1-2H3,(H,34,37)(H,38,39). The molecule has 0 bridgehead atoms. The van der Waals surface area contributed by atoms with Crippen LogP contribution in [-0.4, -0.2) is 40.7 Å². The summed E-state index contributed by atoms with van der Waals surface area (Å²) >= 11 is 0. The number of anilines is 2. The van der Waals surface area contributed by atoms with Gasteiger partial charge in [0.1, 0.15) is 5.75 Å². The van der Waals surface area contributed by atoms with Gasteiger partial charge in [-0.3, -0.25) is 19.9 Å². The highest BCUT2D eigenvalue weighted by atomic mass is 19.4. The molecule has 0 saturated carbocycles. The zero-order valence-corrected chi connectivity index (χ0v) is 20.8. The Morgan fingerprint density at radius 3 is 2.08 bits per heavy atom. The SMILES string of the molecule is Cc1cc(-c2cccc(C(=O)CC(=O)Nc3cc(C(F)(F)F)c(OCC(F)(F)F)cc3NC(=O)O)c2)cc(C)n1. The largest absolute Gasteiger partial charge is 0.483 e. The van der Waals surface area contributed by atoms with E-state index in [1.807, 2.05) is 5.32 Å². The lowest BCUT2D eigenvalue weighted by molar-refractivity contribution is -0.158. The van der Waals surface area contributed by atoms with Crippen LogP contribution in [-0.2, 0) is 11.0 Å². The number of ether oxygens (including phenoxy) is 1. The van der Waals surface area contributed by atoms with Crippen LogP contribution < -0.4 is 15.4 Å². The second kappa shape index (κ2) is 11.6. The summed E-state index contributed by atoms with van der Waals surface area (Å²) in [5, 5.41) is 12.7. The molecule has 0 aliphatic carbocycles. The highest BCUT2D eigenvalue weighted by Crippen LogP contribution is 2.42. The molecule has 2 aromatic carbocycles. The first kappa shape index (κ1) is 29.9. The Balaban J connectivity index is 1.87. The summed E-state index contributed by atoms with van der Waals surface area (Å²) < 4.78 is 82.6. The number of rotatable bonds is 8. The average Bonchev–Trinajstić information content (AvgIpc) is 2.81. The number of aryl methyl sites for hydroxylation is 2. The van der Waals surface area contributed by atoms with Crippen LogP contribution in [0.5, 0.6) is 5.75 Å². The van der Waals surface area contributed by atoms with Gasteiger partial charge < -0.3 is 15.2 Å². The van der Waals surface area contributed by atoms with Crippen molar-refractivity contribution in [2.45, 2.75) is 32.6 Å². The Bertz CT molecular complexity index is 1430. The molecule has 8 nitrogen and oxygen atoms in total. The molecule has 0 saturated heterocycles. The summed E-state index contributed by atoms with van der Waals surface area (Å²) in [5.74, 6) is -3.12. The van der Waals surface area contributed by atoms with Gasteiger partial charge in [0, 0.05) is 23.0 Å². The second-order valence-corrected chi connectivity index (χ2v) is 8.59. The van der Waals surface area contributed by atoms with Gasteiger partial charge in [-0.25, -0.2) is 4.79 Å². The van der Waals surface area contributed by atoms with Crippen LogP contribution in [0.15, 0.2) is 48.5 Å². The molecule has 1 aromatic heterocycles. The Kier molecular flexibility index (Phi) is 8.71. The van der Waals surface area contributed by atoms with Gasteiger partial charge in [-0.1, -0.05) is 18.2 Å². The third-order valence-corrected chi connectivity index (χ3v) is 5.25. The van der Waals surface area contributed by atoms with Gasteiger partial charge in [0.15, 0.2) is 12.4 Å². The van der Waals surface area contributed by atoms with Crippen LogP contribution in [0.3, 0.4) is 0 Å². The molecular formula is C26H21F6N3O5. The van der Waals surface area contributed by atoms with Crippen molar-refractivity contribution in [3.8, 4) is 16.9 Å². The Hall–Kier alpha value is -4.62. The number of alkyl halides is 6. The van der Waals surface area contributed by atoms with Gasteiger partial charge in [-0.2, -0.15) is 26.3 Å². The first-order chi connectivity index (χ1) is 18.5. The molecule has 0 fully saturated rings. The van der Waals surface area contributed by atoms with E-state index < -0.39 is 65.9 Å². The van der Waals surface area contributed by atoms with Gasteiger partial charge in [0.05, 0.1) is 23.4 Å². The third-order valence-electron chi connectivity index (χ3n) is 5.25. The lowest BCUT2D eigenvalue weighted by atomic mass is 9.99. The maximum absolute atomic E-state index is 13.6. The second-order valence-electron chi connectivity index (χ2n) is 8.59. The first-order valence-corrected chi connectivity index (χ1v) is 11.4. The van der Waals surface area contributed by atoms with Crippen molar-refractivity contribution >= 4 is 29.2 Å². The Labute approximate surface area is 223 Å². The fourth-order valence-electron chi connectivity index (χ4n) is 3.72. The molecule has 3 rings (SSSR count). The fraction of sp³-hybridized carbons (Fsp3) is 0.231. The van der Waals surface area contributed by atoms with Crippen molar-refractivity contribution in [3.05, 3.63) is 71.0 Å². The summed E-state index contributed by atoms with van der Waals surface area (Å²) in [5.41, 5.74) is -0.138. The molecule has 2 amide bonds. The van der Waals surface area contributed by atoms with Crippen molar-refractivity contribution in [1.29, 1.82) is 0 Å². The first-order valence-electron chi connectivity index (χ1n) is 11.4. The summed E-state index contributed by atoms with van der Waals surface area (Å²) in [6.07, 6.45) is -12.8. The summed E-state index contributed by atoms with van der Waals surface area (Å²) in [6, 6.07) is 10.4. The van der Waals surface area contributed by atoms with Gasteiger partial charge in [-0.05, 0) is 49.2 Å². The topological polar surface area (TPSA) is 118 Å². The van der Waals surface area contributed by atoms with Crippen molar-refractivity contribution in [3.63, 3.8) is 0 Å². The van der Waals surface area contributed by atoms with Crippen LogP contribution in [0.1, 0.15) is 33.7 Å². The van der Waals surface area contributed by atoms with Crippen molar-refractivity contribution in [2.75, 3.05) is 17.2 Å². The number of hydrogen-bond acceptors (Lipinski definition) is 5. The molecule has 0 spiro atoms. The molecule has 0 unspecified atom stereocenters. The zero-order valence-electron chi connectivity index (χ0n) is 20.8. The van der Waals surface area contributed by atoms with Gasteiger partial charge >= 0.3 is 18.4 Å². The maximum atomic E-state index is 13.6. The number of carboxylic acid groups (broad SMARTS) is 1. The van der Waals surface area contributed by atoms with Crippen LogP contribution >= 0.6 is 0 Å². The lowest BCUT2D eigenvalue weighted by Crippen LogP contribution is -2.22. The minimum Gasteiger partial charge on any atom is -0.483 e. The predicted octanol–water partition coefficient (Wildman–Crippen LogP) is 6.63. The number of pyridine rings is 1. The highest BCUT2D eigenvalue weighted by molar-refractivity contribution is 6.12. The number of hydrogen-bond donors (Lipinski definition) is 3. The molecule has 0 aliphatic heterocycles. The van der Waals surface area contributed by atoms with Crippen molar-refractivity contribution < 1.29 is 50.6 Å². The molecular weight excluding hydrogens is 548 g/mol. The molecule has 212 valence electrons. The number of amides is 2. The highest BCUT2D eigenvalue weighted by Gasteiger charge is 2.37. The van der Waals surface area contributed by atoms with E-state index in [4.69, 9.17) is 5.11 Å². The molecule has 14 heteroatoms. The fourth-order valence-corrected chi connectivity index (χ4v) is 3.72. The van der Waals surface area contributed by atoms with E-state index in [9.17, 15) is 40.7 Å². The number of ketones is 1. The van der Waals surface area contributed by atoms with Gasteiger partial charge in [-0.15, -0.1) is 0 Å². The molecule has 0 radical (unpaired) electrons. The number of halogens is 6. The normalized spacial score (nSPS) is 11.6. The van der Waals surface area contributed by atoms with Crippen molar-refractivity contribution in [1.82, 2.24) is 4.98 Å². The van der Waals surface area contributed by atoms with E-state index in [-0.39, 0.29) is 11.6 Å².